The number of aliphatic hydroxyl groups excluding tert-OH is 1. The number of thioether (sulfide) groups is 1. The molecule has 5 atom stereocenters. The number of aliphatic hydroxyl groups is 1. The minimum Gasteiger partial charge on any atom is -0.504 e. The van der Waals surface area contributed by atoms with Gasteiger partial charge in [0, 0.05) is 49.4 Å². The number of hydrogen-bond acceptors (Lipinski definition) is 9. The van der Waals surface area contributed by atoms with Crippen molar-refractivity contribution in [2.45, 2.75) is 72.0 Å². The lowest BCUT2D eigenvalue weighted by molar-refractivity contribution is -0.160. The molecule has 4 aliphatic rings. The number of carbonyl (C=O) groups excluding carboxylic acids is 4. The third-order valence-electron chi connectivity index (χ3n) is 8.24. The molecule has 0 bridgehead atoms. The predicted octanol–water partition coefficient (Wildman–Crippen LogP) is 3.99. The van der Waals surface area contributed by atoms with Gasteiger partial charge in [-0.05, 0) is 36.5 Å². The van der Waals surface area contributed by atoms with Crippen molar-refractivity contribution in [2.75, 3.05) is 19.5 Å². The number of ketones is 2. The molecule has 0 aromatic carbocycles. The zero-order valence-corrected chi connectivity index (χ0v) is 22.3. The largest absolute Gasteiger partial charge is 0.504 e. The van der Waals surface area contributed by atoms with Gasteiger partial charge in [-0.15, -0.1) is 11.8 Å². The average molecular weight is 519 g/mol. The van der Waals surface area contributed by atoms with Crippen LogP contribution in [0.2, 0.25) is 0 Å². The first-order valence-corrected chi connectivity index (χ1v) is 13.5. The van der Waals surface area contributed by atoms with Crippen molar-refractivity contribution in [3.8, 4) is 0 Å². The van der Waals surface area contributed by atoms with E-state index < -0.39 is 52.4 Å². The fourth-order valence-corrected chi connectivity index (χ4v) is 7.40. The molecule has 0 aromatic heterocycles. The highest BCUT2D eigenvalue weighted by molar-refractivity contribution is 8.02. The van der Waals surface area contributed by atoms with Gasteiger partial charge in [-0.2, -0.15) is 0 Å². The molecule has 0 radical (unpaired) electrons. The SMILES string of the molecule is CCCCS/C=C1\C(=O)O[C@H](COC)[C@@]2(C)C1=C(O)C(=O)C1=C2[C@H](OC(C)=O)C[C@]2(C)C(=O)CC[C@@H]12. The molecule has 1 aliphatic heterocycles. The van der Waals surface area contributed by atoms with Gasteiger partial charge in [0.05, 0.1) is 17.6 Å². The van der Waals surface area contributed by atoms with Gasteiger partial charge >= 0.3 is 11.9 Å². The highest BCUT2D eigenvalue weighted by Crippen LogP contribution is 2.62. The fourth-order valence-electron chi connectivity index (χ4n) is 6.44. The van der Waals surface area contributed by atoms with E-state index in [1.54, 1.807) is 12.3 Å². The first kappa shape index (κ1) is 26.7. The van der Waals surface area contributed by atoms with Crippen LogP contribution in [-0.4, -0.2) is 60.3 Å². The van der Waals surface area contributed by atoms with Crippen LogP contribution in [0.25, 0.3) is 0 Å². The highest BCUT2D eigenvalue weighted by Gasteiger charge is 2.64. The van der Waals surface area contributed by atoms with Gasteiger partial charge in [0.1, 0.15) is 18.0 Å². The van der Waals surface area contributed by atoms with Crippen molar-refractivity contribution in [3.05, 3.63) is 33.5 Å². The summed E-state index contributed by atoms with van der Waals surface area (Å²) < 4.78 is 17.0. The number of ether oxygens (including phenoxy) is 3. The molecule has 0 aromatic rings. The van der Waals surface area contributed by atoms with Crippen molar-refractivity contribution >= 4 is 35.3 Å². The van der Waals surface area contributed by atoms with E-state index in [-0.39, 0.29) is 30.0 Å². The second-order valence-corrected chi connectivity index (χ2v) is 11.4. The van der Waals surface area contributed by atoms with E-state index in [9.17, 15) is 24.3 Å². The third-order valence-corrected chi connectivity index (χ3v) is 9.16. The normalized spacial score (nSPS) is 35.0. The van der Waals surface area contributed by atoms with Gasteiger partial charge in [0.2, 0.25) is 5.78 Å². The molecule has 4 rings (SSSR count). The van der Waals surface area contributed by atoms with Crippen LogP contribution < -0.4 is 0 Å². The number of allylic oxidation sites excluding steroid dienone is 1. The van der Waals surface area contributed by atoms with Gasteiger partial charge < -0.3 is 19.3 Å². The van der Waals surface area contributed by atoms with Crippen LogP contribution in [0.15, 0.2) is 33.5 Å². The maximum Gasteiger partial charge on any atom is 0.339 e. The summed E-state index contributed by atoms with van der Waals surface area (Å²) in [5.41, 5.74) is -0.964. The molecule has 0 amide bonds. The molecule has 2 fully saturated rings. The number of fused-ring (bicyclic) bond motifs is 4. The molecule has 1 heterocycles. The molecule has 1 saturated carbocycles. The van der Waals surface area contributed by atoms with Crippen molar-refractivity contribution < 1.29 is 38.5 Å². The summed E-state index contributed by atoms with van der Waals surface area (Å²) in [7, 11) is 1.48. The van der Waals surface area contributed by atoms with Crippen LogP contribution >= 0.6 is 11.8 Å². The molecule has 1 N–H and O–H groups in total. The predicted molar refractivity (Wildman–Crippen MR) is 133 cm³/mol. The van der Waals surface area contributed by atoms with Crippen LogP contribution in [0.3, 0.4) is 0 Å². The van der Waals surface area contributed by atoms with Gasteiger partial charge in [-0.25, -0.2) is 4.79 Å². The minimum absolute atomic E-state index is 0.00784. The summed E-state index contributed by atoms with van der Waals surface area (Å²) in [6.45, 7) is 6.97. The number of methoxy groups -OCH3 is 1. The van der Waals surface area contributed by atoms with E-state index in [1.807, 2.05) is 6.92 Å². The van der Waals surface area contributed by atoms with Crippen molar-refractivity contribution in [1.29, 1.82) is 0 Å². The van der Waals surface area contributed by atoms with E-state index >= 15 is 0 Å². The second-order valence-electron chi connectivity index (χ2n) is 10.4. The number of Topliss-reactive ketones (excluding diaryl/α,β-unsaturated/α-hetero) is 2. The standard InChI is InChI=1S/C27H34O8S/c1-6-7-10-36-13-15-21-24(31)23(30)20-16-8-9-18(29)26(16,3)11-17(34-14(2)28)22(20)27(21,4)19(12-33-5)35-25(15)32/h13,16-17,19,31H,6-12H2,1-5H3/b15-13-/t16-,17+,19+,26-,27-/m0/s1. The number of unbranched alkanes of at least 4 members (excludes halogenated alkanes) is 1. The number of rotatable bonds is 7. The van der Waals surface area contributed by atoms with E-state index in [4.69, 9.17) is 14.2 Å². The smallest absolute Gasteiger partial charge is 0.339 e. The summed E-state index contributed by atoms with van der Waals surface area (Å²) >= 11 is 1.42. The average Bonchev–Trinajstić information content (AvgIpc) is 3.10. The van der Waals surface area contributed by atoms with Crippen LogP contribution in [0.5, 0.6) is 0 Å². The van der Waals surface area contributed by atoms with E-state index in [2.05, 4.69) is 6.92 Å². The Hall–Kier alpha value is -2.39. The summed E-state index contributed by atoms with van der Waals surface area (Å²) in [6.07, 6.45) is 1.17. The van der Waals surface area contributed by atoms with Crippen LogP contribution in [0.4, 0.5) is 0 Å². The number of hydrogen-bond donors (Lipinski definition) is 1. The second kappa shape index (κ2) is 9.82. The summed E-state index contributed by atoms with van der Waals surface area (Å²) in [5, 5.41) is 13.0. The van der Waals surface area contributed by atoms with E-state index in [0.717, 1.165) is 18.6 Å². The Kier molecular flexibility index (Phi) is 7.27. The Morgan fingerprint density at radius 1 is 1.28 bits per heavy atom. The monoisotopic (exact) mass is 518 g/mol. The van der Waals surface area contributed by atoms with Crippen LogP contribution in [-0.2, 0) is 33.4 Å². The van der Waals surface area contributed by atoms with E-state index in [1.165, 1.54) is 25.8 Å². The molecule has 1 saturated heterocycles. The van der Waals surface area contributed by atoms with Crippen molar-refractivity contribution in [3.63, 3.8) is 0 Å². The minimum atomic E-state index is -1.19. The third kappa shape index (κ3) is 3.95. The summed E-state index contributed by atoms with van der Waals surface area (Å²) in [5.74, 6) is -1.96. The molecule has 0 unspecified atom stereocenters. The van der Waals surface area contributed by atoms with Gasteiger partial charge in [0.15, 0.2) is 5.76 Å². The molecular weight excluding hydrogens is 484 g/mol. The Balaban J connectivity index is 1.96. The Morgan fingerprint density at radius 2 is 2.00 bits per heavy atom. The van der Waals surface area contributed by atoms with E-state index in [0.29, 0.717) is 24.0 Å². The summed E-state index contributed by atoms with van der Waals surface area (Å²) in [4.78, 5) is 52.1. The summed E-state index contributed by atoms with van der Waals surface area (Å²) in [6, 6.07) is 0. The Morgan fingerprint density at radius 3 is 2.64 bits per heavy atom. The highest BCUT2D eigenvalue weighted by atomic mass is 32.2. The zero-order valence-electron chi connectivity index (χ0n) is 21.5. The first-order valence-electron chi connectivity index (χ1n) is 12.5. The lowest BCUT2D eigenvalue weighted by Gasteiger charge is -2.53. The lowest BCUT2D eigenvalue weighted by atomic mass is 9.53. The topological polar surface area (TPSA) is 116 Å². The molecule has 3 aliphatic carbocycles. The zero-order chi connectivity index (χ0) is 26.4. The van der Waals surface area contributed by atoms with Crippen molar-refractivity contribution in [1.82, 2.24) is 0 Å². The number of carbonyl (C=O) groups is 4. The number of esters is 2. The fraction of sp³-hybridized carbons (Fsp3) is 0.630. The van der Waals surface area contributed by atoms with Crippen LogP contribution in [0.1, 0.15) is 59.8 Å². The molecule has 8 nitrogen and oxygen atoms in total. The molecule has 196 valence electrons. The maximum atomic E-state index is 13.8. The molecule has 9 heteroatoms. The van der Waals surface area contributed by atoms with Gasteiger partial charge in [-0.3, -0.25) is 14.4 Å². The Labute approximate surface area is 215 Å². The van der Waals surface area contributed by atoms with Gasteiger partial charge in [-0.1, -0.05) is 20.3 Å². The molecular formula is C27H34O8S. The quantitative estimate of drug-likeness (QED) is 0.303. The van der Waals surface area contributed by atoms with Gasteiger partial charge in [0.25, 0.3) is 0 Å². The van der Waals surface area contributed by atoms with Crippen LogP contribution in [0, 0.1) is 16.7 Å². The maximum absolute atomic E-state index is 13.8. The first-order chi connectivity index (χ1) is 17.0. The Bertz CT molecular complexity index is 1100. The molecule has 0 spiro atoms. The van der Waals surface area contributed by atoms with Crippen molar-refractivity contribution in [2.24, 2.45) is 16.7 Å². The lowest BCUT2D eigenvalue weighted by Crippen LogP contribution is -2.56. The number of cyclic esters (lactones) is 1. The molecule has 36 heavy (non-hydrogen) atoms.